The Labute approximate surface area is 107 Å². The van der Waals surface area contributed by atoms with E-state index in [-0.39, 0.29) is 6.04 Å². The maximum Gasteiger partial charge on any atom is 0.0468 e. The third-order valence-electron chi connectivity index (χ3n) is 2.50. The molecule has 0 radical (unpaired) electrons. The van der Waals surface area contributed by atoms with Crippen LogP contribution in [0.25, 0.3) is 0 Å². The van der Waals surface area contributed by atoms with E-state index in [0.717, 1.165) is 24.8 Å². The van der Waals surface area contributed by atoms with Crippen molar-refractivity contribution in [3.05, 3.63) is 33.8 Å². The van der Waals surface area contributed by atoms with Gasteiger partial charge in [-0.05, 0) is 37.6 Å². The summed E-state index contributed by atoms with van der Waals surface area (Å²) in [4.78, 5) is 0. The number of hydrogen-bond acceptors (Lipinski definition) is 1. The van der Waals surface area contributed by atoms with E-state index in [2.05, 4.69) is 11.2 Å². The topological polar surface area (TPSA) is 12.0 Å². The van der Waals surface area contributed by atoms with Gasteiger partial charge in [0.25, 0.3) is 0 Å². The fraction of sp³-hybridized carbons (Fsp3) is 0.385. The first kappa shape index (κ1) is 13.4. The van der Waals surface area contributed by atoms with Gasteiger partial charge >= 0.3 is 0 Å². The van der Waals surface area contributed by atoms with Crippen molar-refractivity contribution in [2.45, 2.75) is 25.3 Å². The maximum absolute atomic E-state index is 6.15. The van der Waals surface area contributed by atoms with Crippen LogP contribution < -0.4 is 5.32 Å². The molecule has 0 bridgehead atoms. The molecule has 0 aliphatic heterocycles. The van der Waals surface area contributed by atoms with Crippen LogP contribution in [0.15, 0.2) is 18.2 Å². The van der Waals surface area contributed by atoms with E-state index in [4.69, 9.17) is 29.6 Å². The Morgan fingerprint density at radius 1 is 1.44 bits per heavy atom. The lowest BCUT2D eigenvalue weighted by Gasteiger charge is -2.17. The highest BCUT2D eigenvalue weighted by atomic mass is 35.5. The number of rotatable bonds is 5. The molecule has 1 nitrogen and oxygen atoms in total. The van der Waals surface area contributed by atoms with Gasteiger partial charge in [-0.1, -0.05) is 29.3 Å². The lowest BCUT2D eigenvalue weighted by atomic mass is 10.0. The van der Waals surface area contributed by atoms with Gasteiger partial charge in [0.2, 0.25) is 0 Å². The second kappa shape index (κ2) is 6.81. The van der Waals surface area contributed by atoms with Gasteiger partial charge in [0.05, 0.1) is 0 Å². The monoisotopic (exact) mass is 255 g/mol. The lowest BCUT2D eigenvalue weighted by molar-refractivity contribution is 0.532. The van der Waals surface area contributed by atoms with Gasteiger partial charge in [-0.3, -0.25) is 0 Å². The summed E-state index contributed by atoms with van der Waals surface area (Å²) in [5.74, 6) is 2.64. The first-order chi connectivity index (χ1) is 7.69. The van der Waals surface area contributed by atoms with Gasteiger partial charge < -0.3 is 5.32 Å². The Morgan fingerprint density at radius 3 is 2.75 bits per heavy atom. The fourth-order valence-electron chi connectivity index (χ4n) is 1.65. The lowest BCUT2D eigenvalue weighted by Crippen LogP contribution is -2.16. The summed E-state index contributed by atoms with van der Waals surface area (Å²) in [6, 6.07) is 5.82. The van der Waals surface area contributed by atoms with Crippen molar-refractivity contribution in [1.82, 2.24) is 5.32 Å². The Hall–Kier alpha value is -0.680. The normalized spacial score (nSPS) is 12.1. The molecule has 0 aromatic heterocycles. The van der Waals surface area contributed by atoms with Crippen molar-refractivity contribution in [2.75, 3.05) is 7.05 Å². The summed E-state index contributed by atoms with van der Waals surface area (Å²) in [7, 11) is 1.92. The molecule has 0 fully saturated rings. The summed E-state index contributed by atoms with van der Waals surface area (Å²) >= 11 is 12.0. The minimum atomic E-state index is 0.234. The van der Waals surface area contributed by atoms with E-state index in [9.17, 15) is 0 Å². The third kappa shape index (κ3) is 3.72. The SMILES string of the molecule is C#CCCCC(NC)c1ccc(Cl)cc1Cl. The Kier molecular flexibility index (Phi) is 5.69. The summed E-state index contributed by atoms with van der Waals surface area (Å²) in [6.07, 6.45) is 7.99. The molecule has 1 N–H and O–H groups in total. The zero-order valence-electron chi connectivity index (χ0n) is 9.26. The van der Waals surface area contributed by atoms with Crippen molar-refractivity contribution in [3.63, 3.8) is 0 Å². The van der Waals surface area contributed by atoms with E-state index in [1.807, 2.05) is 19.2 Å². The number of unbranched alkanes of at least 4 members (excludes halogenated alkanes) is 1. The molecule has 0 saturated carbocycles. The predicted molar refractivity (Wildman–Crippen MR) is 70.9 cm³/mol. The van der Waals surface area contributed by atoms with Gasteiger partial charge in [-0.15, -0.1) is 12.3 Å². The molecule has 3 heteroatoms. The van der Waals surface area contributed by atoms with Gasteiger partial charge in [-0.2, -0.15) is 0 Å². The molecule has 0 aliphatic rings. The van der Waals surface area contributed by atoms with Gasteiger partial charge in [0, 0.05) is 22.5 Å². The summed E-state index contributed by atoms with van der Waals surface area (Å²) in [5.41, 5.74) is 1.07. The highest BCUT2D eigenvalue weighted by Crippen LogP contribution is 2.28. The summed E-state index contributed by atoms with van der Waals surface area (Å²) in [6.45, 7) is 0. The van der Waals surface area contributed by atoms with E-state index in [1.54, 1.807) is 6.07 Å². The molecule has 0 amide bonds. The summed E-state index contributed by atoms with van der Waals surface area (Å²) in [5, 5.41) is 4.60. The summed E-state index contributed by atoms with van der Waals surface area (Å²) < 4.78 is 0. The second-order valence-electron chi connectivity index (χ2n) is 3.60. The Bertz CT molecular complexity index is 382. The van der Waals surface area contributed by atoms with Gasteiger partial charge in [0.1, 0.15) is 0 Å². The van der Waals surface area contributed by atoms with Crippen LogP contribution >= 0.6 is 23.2 Å². The van der Waals surface area contributed by atoms with E-state index in [1.165, 1.54) is 0 Å². The Morgan fingerprint density at radius 2 is 2.19 bits per heavy atom. The molecule has 1 rings (SSSR count). The van der Waals surface area contributed by atoms with Crippen LogP contribution in [0.5, 0.6) is 0 Å². The van der Waals surface area contributed by atoms with Crippen molar-refractivity contribution < 1.29 is 0 Å². The van der Waals surface area contributed by atoms with E-state index >= 15 is 0 Å². The van der Waals surface area contributed by atoms with Crippen molar-refractivity contribution in [3.8, 4) is 12.3 Å². The average molecular weight is 256 g/mol. The predicted octanol–water partition coefficient (Wildman–Crippen LogP) is 4.06. The van der Waals surface area contributed by atoms with E-state index < -0.39 is 0 Å². The first-order valence-electron chi connectivity index (χ1n) is 5.24. The largest absolute Gasteiger partial charge is 0.313 e. The maximum atomic E-state index is 6.15. The number of benzene rings is 1. The molecule has 0 heterocycles. The minimum absolute atomic E-state index is 0.234. The molecular weight excluding hydrogens is 241 g/mol. The zero-order chi connectivity index (χ0) is 12.0. The van der Waals surface area contributed by atoms with Crippen LogP contribution in [0.1, 0.15) is 30.9 Å². The first-order valence-corrected chi connectivity index (χ1v) is 6.00. The highest BCUT2D eigenvalue weighted by molar-refractivity contribution is 6.35. The molecule has 1 atom stereocenters. The van der Waals surface area contributed by atoms with Crippen molar-refractivity contribution in [2.24, 2.45) is 0 Å². The molecule has 16 heavy (non-hydrogen) atoms. The smallest absolute Gasteiger partial charge is 0.0468 e. The number of hydrogen-bond donors (Lipinski definition) is 1. The van der Waals surface area contributed by atoms with E-state index in [0.29, 0.717) is 10.0 Å². The highest BCUT2D eigenvalue weighted by Gasteiger charge is 2.12. The zero-order valence-corrected chi connectivity index (χ0v) is 10.8. The molecule has 0 saturated heterocycles. The number of terminal acetylenes is 1. The molecule has 1 aromatic rings. The van der Waals surface area contributed by atoms with Crippen LogP contribution in [0.3, 0.4) is 0 Å². The molecule has 1 unspecified atom stereocenters. The quantitative estimate of drug-likeness (QED) is 0.618. The number of nitrogens with one attached hydrogen (secondary N) is 1. The third-order valence-corrected chi connectivity index (χ3v) is 3.06. The fourth-order valence-corrected chi connectivity index (χ4v) is 2.19. The van der Waals surface area contributed by atoms with Gasteiger partial charge in [-0.25, -0.2) is 0 Å². The molecule has 86 valence electrons. The Balaban J connectivity index is 2.75. The standard InChI is InChI=1S/C13H15Cl2N/c1-3-4-5-6-13(16-2)11-8-7-10(14)9-12(11)15/h1,7-9,13,16H,4-6H2,2H3. The average Bonchev–Trinajstić information content (AvgIpc) is 2.26. The number of halogens is 2. The van der Waals surface area contributed by atoms with Gasteiger partial charge in [0.15, 0.2) is 0 Å². The van der Waals surface area contributed by atoms with Crippen molar-refractivity contribution >= 4 is 23.2 Å². The van der Waals surface area contributed by atoms with Crippen LogP contribution in [0, 0.1) is 12.3 Å². The van der Waals surface area contributed by atoms with Crippen molar-refractivity contribution in [1.29, 1.82) is 0 Å². The van der Waals surface area contributed by atoms with Crippen LogP contribution in [-0.2, 0) is 0 Å². The minimum Gasteiger partial charge on any atom is -0.313 e. The van der Waals surface area contributed by atoms with Crippen LogP contribution in [0.4, 0.5) is 0 Å². The molecule has 0 aliphatic carbocycles. The molecular formula is C13H15Cl2N. The van der Waals surface area contributed by atoms with Crippen LogP contribution in [0.2, 0.25) is 10.0 Å². The second-order valence-corrected chi connectivity index (χ2v) is 4.45. The van der Waals surface area contributed by atoms with Crippen LogP contribution in [-0.4, -0.2) is 7.05 Å². The molecule has 0 spiro atoms. The molecule has 1 aromatic carbocycles.